The van der Waals surface area contributed by atoms with Gasteiger partial charge in [-0.15, -0.1) is 23.8 Å². The van der Waals surface area contributed by atoms with Gasteiger partial charge in [-0.05, 0) is 80.3 Å². The quantitative estimate of drug-likeness (QED) is 0.429. The van der Waals surface area contributed by atoms with Gasteiger partial charge in [-0.25, -0.2) is 4.39 Å². The van der Waals surface area contributed by atoms with Gasteiger partial charge in [0.05, 0.1) is 23.8 Å². The predicted octanol–water partition coefficient (Wildman–Crippen LogP) is 5.04. The van der Waals surface area contributed by atoms with Gasteiger partial charge in [0, 0.05) is 26.3 Å². The van der Waals surface area contributed by atoms with E-state index in [1.165, 1.54) is 17.2 Å². The maximum absolute atomic E-state index is 13.4. The van der Waals surface area contributed by atoms with Gasteiger partial charge in [-0.1, -0.05) is 6.07 Å². The first-order valence-electron chi connectivity index (χ1n) is 9.21. The number of rotatable bonds is 3. The van der Waals surface area contributed by atoms with Crippen LogP contribution in [-0.4, -0.2) is 27.4 Å². The van der Waals surface area contributed by atoms with Gasteiger partial charge >= 0.3 is 0 Å². The van der Waals surface area contributed by atoms with Crippen LogP contribution in [0.25, 0.3) is 22.0 Å². The molecule has 159 valence electrons. The molecule has 1 heterocycles. The SMILES string of the molecule is CC(O)CC(C)O.Cc1cc2c(-c3[c-]c(F)c(F)cc3)nccc2c(C)c1C.[Ir]. The monoisotopic (exact) mass is 579 g/mol. The zero-order valence-corrected chi connectivity index (χ0v) is 19.6. The normalized spacial score (nSPS) is 12.6. The van der Waals surface area contributed by atoms with Crippen molar-refractivity contribution >= 4 is 10.8 Å². The molecule has 29 heavy (non-hydrogen) atoms. The molecular formula is C23H26F2IrNO2-. The molecule has 0 aliphatic rings. The van der Waals surface area contributed by atoms with E-state index in [1.54, 1.807) is 20.0 Å². The molecule has 0 bridgehead atoms. The Kier molecular flexibility index (Phi) is 9.50. The van der Waals surface area contributed by atoms with Crippen LogP contribution in [0.1, 0.15) is 37.0 Å². The van der Waals surface area contributed by atoms with E-state index in [1.807, 2.05) is 19.1 Å². The first-order valence-corrected chi connectivity index (χ1v) is 9.21. The van der Waals surface area contributed by atoms with Crippen LogP contribution in [0.5, 0.6) is 0 Å². The third-order valence-electron chi connectivity index (χ3n) is 4.70. The van der Waals surface area contributed by atoms with Gasteiger partial charge in [-0.3, -0.25) is 4.39 Å². The van der Waals surface area contributed by atoms with E-state index >= 15 is 0 Å². The van der Waals surface area contributed by atoms with Crippen molar-refractivity contribution in [2.75, 3.05) is 0 Å². The van der Waals surface area contributed by atoms with E-state index in [2.05, 4.69) is 24.9 Å². The number of benzene rings is 2. The Morgan fingerprint density at radius 2 is 1.59 bits per heavy atom. The molecule has 2 atom stereocenters. The van der Waals surface area contributed by atoms with Crippen molar-refractivity contribution in [1.29, 1.82) is 0 Å². The molecule has 3 nitrogen and oxygen atoms in total. The van der Waals surface area contributed by atoms with Gasteiger partial charge in [0.15, 0.2) is 0 Å². The van der Waals surface area contributed by atoms with Crippen LogP contribution in [0.15, 0.2) is 30.5 Å². The molecule has 3 aromatic rings. The minimum Gasteiger partial charge on any atom is -0.393 e. The van der Waals surface area contributed by atoms with Gasteiger partial charge in [0.2, 0.25) is 0 Å². The summed E-state index contributed by atoms with van der Waals surface area (Å²) in [5, 5.41) is 19.1. The van der Waals surface area contributed by atoms with Crippen LogP contribution >= 0.6 is 0 Å². The number of hydrogen-bond donors (Lipinski definition) is 2. The summed E-state index contributed by atoms with van der Waals surface area (Å²) in [6.07, 6.45) is 1.41. The minimum absolute atomic E-state index is 0. The Morgan fingerprint density at radius 3 is 2.10 bits per heavy atom. The molecule has 1 radical (unpaired) electrons. The van der Waals surface area contributed by atoms with E-state index in [0.29, 0.717) is 17.7 Å². The van der Waals surface area contributed by atoms with Crippen molar-refractivity contribution in [2.24, 2.45) is 0 Å². The summed E-state index contributed by atoms with van der Waals surface area (Å²) in [5.41, 5.74) is 4.64. The average molecular weight is 579 g/mol. The summed E-state index contributed by atoms with van der Waals surface area (Å²) in [6, 6.07) is 9.03. The Hall–Kier alpha value is -1.72. The predicted molar refractivity (Wildman–Crippen MR) is 108 cm³/mol. The largest absolute Gasteiger partial charge is 0.393 e. The van der Waals surface area contributed by atoms with Gasteiger partial charge in [-0.2, -0.15) is 0 Å². The molecule has 0 spiro atoms. The summed E-state index contributed by atoms with van der Waals surface area (Å²) >= 11 is 0. The zero-order valence-electron chi connectivity index (χ0n) is 17.2. The Balaban J connectivity index is 0.000000456. The minimum atomic E-state index is -0.980. The third-order valence-corrected chi connectivity index (χ3v) is 4.70. The number of fused-ring (bicyclic) bond motifs is 1. The second kappa shape index (κ2) is 10.9. The molecule has 2 N–H and O–H groups in total. The van der Waals surface area contributed by atoms with E-state index in [4.69, 9.17) is 10.2 Å². The van der Waals surface area contributed by atoms with Crippen molar-refractivity contribution in [3.8, 4) is 11.3 Å². The molecule has 1 aromatic heterocycles. The van der Waals surface area contributed by atoms with Crippen molar-refractivity contribution in [1.82, 2.24) is 4.98 Å². The molecule has 2 unspecified atom stereocenters. The molecule has 0 amide bonds. The summed E-state index contributed by atoms with van der Waals surface area (Å²) in [5.74, 6) is -1.88. The molecule has 0 fully saturated rings. The number of aliphatic hydroxyl groups is 2. The van der Waals surface area contributed by atoms with Crippen LogP contribution in [0.2, 0.25) is 0 Å². The molecule has 0 aliphatic carbocycles. The standard InChI is InChI=1S/C18H14F2N.C5H12O2.Ir/c1-10-8-15-14(12(3)11(10)2)6-7-21-18(15)13-4-5-16(19)17(20)9-13;1-4(6)3-5(2)7;/h4-8H,1-3H3;4-7H,3H2,1-2H3;/q-1;;. The number of halogens is 2. The van der Waals surface area contributed by atoms with Crippen LogP contribution in [0, 0.1) is 38.5 Å². The number of aliphatic hydroxyl groups excluding tert-OH is 2. The second-order valence-electron chi connectivity index (χ2n) is 7.17. The number of nitrogens with zero attached hydrogens (tertiary/aromatic N) is 1. The van der Waals surface area contributed by atoms with Gasteiger partial charge in [0.25, 0.3) is 0 Å². The average Bonchev–Trinajstić information content (AvgIpc) is 2.61. The van der Waals surface area contributed by atoms with E-state index in [-0.39, 0.29) is 32.3 Å². The Bertz CT molecular complexity index is 969. The first-order chi connectivity index (χ1) is 13.1. The van der Waals surface area contributed by atoms with Gasteiger partial charge in [0.1, 0.15) is 0 Å². The summed E-state index contributed by atoms with van der Waals surface area (Å²) < 4.78 is 26.5. The molecule has 2 aromatic carbocycles. The fourth-order valence-corrected chi connectivity index (χ4v) is 3.06. The van der Waals surface area contributed by atoms with Crippen LogP contribution in [-0.2, 0) is 20.1 Å². The topological polar surface area (TPSA) is 53.4 Å². The smallest absolute Gasteiger partial charge is 0.0751 e. The third kappa shape index (κ3) is 6.38. The van der Waals surface area contributed by atoms with Crippen molar-refractivity contribution in [3.05, 3.63) is 64.9 Å². The van der Waals surface area contributed by atoms with Crippen LogP contribution in [0.4, 0.5) is 8.78 Å². The van der Waals surface area contributed by atoms with Crippen LogP contribution in [0.3, 0.4) is 0 Å². The Labute approximate surface area is 184 Å². The summed E-state index contributed by atoms with van der Waals surface area (Å²) in [4.78, 5) is 4.34. The summed E-state index contributed by atoms with van der Waals surface area (Å²) in [7, 11) is 0. The second-order valence-corrected chi connectivity index (χ2v) is 7.17. The van der Waals surface area contributed by atoms with E-state index in [9.17, 15) is 8.78 Å². The number of aromatic nitrogens is 1. The first kappa shape index (κ1) is 25.3. The molecule has 0 saturated heterocycles. The fourth-order valence-electron chi connectivity index (χ4n) is 3.06. The maximum Gasteiger partial charge on any atom is 0.0751 e. The molecule has 3 rings (SSSR count). The van der Waals surface area contributed by atoms with Crippen molar-refractivity contribution in [2.45, 2.75) is 53.2 Å². The molecule has 0 saturated carbocycles. The van der Waals surface area contributed by atoms with E-state index < -0.39 is 11.6 Å². The molecular weight excluding hydrogens is 552 g/mol. The van der Waals surface area contributed by atoms with Crippen molar-refractivity contribution in [3.63, 3.8) is 0 Å². The molecule has 0 aliphatic heterocycles. The van der Waals surface area contributed by atoms with Crippen molar-refractivity contribution < 1.29 is 39.1 Å². The Morgan fingerprint density at radius 1 is 0.966 bits per heavy atom. The summed E-state index contributed by atoms with van der Waals surface area (Å²) in [6.45, 7) is 9.49. The molecule has 6 heteroatoms. The van der Waals surface area contributed by atoms with Gasteiger partial charge < -0.3 is 15.2 Å². The number of pyridine rings is 1. The zero-order chi connectivity index (χ0) is 21.0. The number of aryl methyl sites for hydroxylation is 2. The van der Waals surface area contributed by atoms with Crippen LogP contribution < -0.4 is 0 Å². The fraction of sp³-hybridized carbons (Fsp3) is 0.348. The maximum atomic E-state index is 13.4. The number of hydrogen-bond acceptors (Lipinski definition) is 3. The van der Waals surface area contributed by atoms with E-state index in [0.717, 1.165) is 22.4 Å².